The number of aliphatic hydroxyl groups is 2. The Hall–Kier alpha value is -1.92. The largest absolute Gasteiger partial charge is 0.447 e. The van der Waals surface area contributed by atoms with Crippen LogP contribution in [0, 0.1) is 11.8 Å². The summed E-state index contributed by atoms with van der Waals surface area (Å²) >= 11 is 0. The molecule has 6 heteroatoms. The van der Waals surface area contributed by atoms with E-state index in [1.165, 1.54) is 4.90 Å². The molecule has 2 N–H and O–H groups in total. The predicted octanol–water partition coefficient (Wildman–Crippen LogP) is 1.98. The number of aliphatic hydroxyl groups excluding tert-OH is 2. The molecule has 0 bridgehead atoms. The van der Waals surface area contributed by atoms with Crippen molar-refractivity contribution in [2.24, 2.45) is 11.8 Å². The molecule has 0 spiro atoms. The van der Waals surface area contributed by atoms with E-state index in [-0.39, 0.29) is 25.2 Å². The second-order valence-corrected chi connectivity index (χ2v) is 6.83. The van der Waals surface area contributed by atoms with E-state index in [0.29, 0.717) is 19.3 Å². The lowest BCUT2D eigenvalue weighted by atomic mass is 9.86. The molecule has 2 rings (SSSR count). The first-order chi connectivity index (χ1) is 12.0. The molecule has 6 nitrogen and oxygen atoms in total. The van der Waals surface area contributed by atoms with Crippen molar-refractivity contribution in [2.75, 3.05) is 13.2 Å². The number of carbonyl (C=O) groups excluding carboxylic acids is 2. The summed E-state index contributed by atoms with van der Waals surface area (Å²) in [5.41, 5.74) is 1.02. The highest BCUT2D eigenvalue weighted by Crippen LogP contribution is 2.26. The van der Waals surface area contributed by atoms with Crippen molar-refractivity contribution in [2.45, 2.75) is 45.3 Å². The van der Waals surface area contributed by atoms with E-state index in [4.69, 9.17) is 9.84 Å². The fraction of sp³-hybridized carbons (Fsp3) is 0.579. The zero-order valence-corrected chi connectivity index (χ0v) is 14.8. The molecule has 25 heavy (non-hydrogen) atoms. The zero-order chi connectivity index (χ0) is 18.4. The maximum Gasteiger partial charge on any atom is 0.416 e. The van der Waals surface area contributed by atoms with Gasteiger partial charge in [0, 0.05) is 6.61 Å². The van der Waals surface area contributed by atoms with Crippen molar-refractivity contribution < 1.29 is 24.5 Å². The summed E-state index contributed by atoms with van der Waals surface area (Å²) in [5.74, 6) is -1.23. The van der Waals surface area contributed by atoms with Crippen LogP contribution in [0.3, 0.4) is 0 Å². The maximum atomic E-state index is 13.0. The molecule has 1 aromatic carbocycles. The Labute approximate surface area is 148 Å². The molecule has 1 fully saturated rings. The van der Waals surface area contributed by atoms with Crippen LogP contribution in [0.5, 0.6) is 0 Å². The molecule has 1 aliphatic rings. The van der Waals surface area contributed by atoms with Crippen LogP contribution in [0.1, 0.15) is 32.3 Å². The number of carbonyl (C=O) groups is 2. The van der Waals surface area contributed by atoms with E-state index in [0.717, 1.165) is 5.56 Å². The van der Waals surface area contributed by atoms with E-state index < -0.39 is 24.0 Å². The molecule has 1 aromatic rings. The van der Waals surface area contributed by atoms with Crippen molar-refractivity contribution in [1.29, 1.82) is 0 Å². The van der Waals surface area contributed by atoms with Gasteiger partial charge in [-0.25, -0.2) is 9.69 Å². The number of benzene rings is 1. The topological polar surface area (TPSA) is 87.1 Å². The highest BCUT2D eigenvalue weighted by Gasteiger charge is 2.43. The van der Waals surface area contributed by atoms with E-state index in [1.54, 1.807) is 0 Å². The molecule has 0 aliphatic carbocycles. The monoisotopic (exact) mass is 349 g/mol. The minimum absolute atomic E-state index is 0.0432. The standard InChI is InChI=1S/C19H27NO5/c1-13(2)17(16(22)9-6-10-21)18(23)20-15(12-25-19(20)24)11-14-7-4-3-5-8-14/h3-5,7-8,13,15-17,21-22H,6,9-12H2,1-2H3/t15-,16+,17-/m1/s1. The van der Waals surface area contributed by atoms with Crippen LogP contribution in [-0.2, 0) is 16.0 Å². The van der Waals surface area contributed by atoms with Gasteiger partial charge in [-0.2, -0.15) is 0 Å². The first-order valence-electron chi connectivity index (χ1n) is 8.78. The highest BCUT2D eigenvalue weighted by molar-refractivity contribution is 5.95. The molecular formula is C19H27NO5. The van der Waals surface area contributed by atoms with Gasteiger partial charge in [-0.3, -0.25) is 4.79 Å². The van der Waals surface area contributed by atoms with Gasteiger partial charge in [0.15, 0.2) is 0 Å². The molecule has 0 aromatic heterocycles. The average molecular weight is 349 g/mol. The highest BCUT2D eigenvalue weighted by atomic mass is 16.6. The summed E-state index contributed by atoms with van der Waals surface area (Å²) in [6, 6.07) is 9.26. The number of cyclic esters (lactones) is 1. The van der Waals surface area contributed by atoms with Crippen molar-refractivity contribution in [3.8, 4) is 0 Å². The third-order valence-corrected chi connectivity index (χ3v) is 4.59. The Morgan fingerprint density at radius 3 is 2.60 bits per heavy atom. The Morgan fingerprint density at radius 1 is 1.32 bits per heavy atom. The SMILES string of the molecule is CC(C)[C@@H](C(=O)N1C(=O)OC[C@H]1Cc1ccccc1)[C@@H](O)CCCO. The van der Waals surface area contributed by atoms with Gasteiger partial charge in [0.05, 0.1) is 18.1 Å². The van der Waals surface area contributed by atoms with Gasteiger partial charge in [-0.1, -0.05) is 44.2 Å². The number of ether oxygens (including phenoxy) is 1. The number of imide groups is 1. The lowest BCUT2D eigenvalue weighted by Crippen LogP contribution is -2.48. The molecule has 0 saturated carbocycles. The normalized spacial score (nSPS) is 19.8. The van der Waals surface area contributed by atoms with Crippen LogP contribution in [-0.4, -0.2) is 52.5 Å². The van der Waals surface area contributed by atoms with Crippen molar-refractivity contribution in [1.82, 2.24) is 4.90 Å². The molecular weight excluding hydrogens is 322 g/mol. The molecule has 1 saturated heterocycles. The number of nitrogens with zero attached hydrogens (tertiary/aromatic N) is 1. The molecule has 0 radical (unpaired) electrons. The van der Waals surface area contributed by atoms with E-state index in [9.17, 15) is 14.7 Å². The lowest BCUT2D eigenvalue weighted by Gasteiger charge is -2.30. The van der Waals surface area contributed by atoms with Crippen LogP contribution in [0.15, 0.2) is 30.3 Å². The smallest absolute Gasteiger partial charge is 0.416 e. The number of hydrogen-bond acceptors (Lipinski definition) is 5. The third-order valence-electron chi connectivity index (χ3n) is 4.59. The van der Waals surface area contributed by atoms with E-state index in [2.05, 4.69) is 0 Å². The van der Waals surface area contributed by atoms with Gasteiger partial charge in [-0.15, -0.1) is 0 Å². The van der Waals surface area contributed by atoms with Gasteiger partial charge in [0.1, 0.15) is 6.61 Å². The summed E-state index contributed by atoms with van der Waals surface area (Å²) < 4.78 is 5.11. The summed E-state index contributed by atoms with van der Waals surface area (Å²) in [6.45, 7) is 3.81. The Balaban J connectivity index is 2.15. The summed E-state index contributed by atoms with van der Waals surface area (Å²) in [5, 5.41) is 19.3. The van der Waals surface area contributed by atoms with Gasteiger partial charge < -0.3 is 14.9 Å². The Morgan fingerprint density at radius 2 is 2.00 bits per heavy atom. The summed E-state index contributed by atoms with van der Waals surface area (Å²) in [6.07, 6.45) is -0.292. The molecule has 2 amide bonds. The van der Waals surface area contributed by atoms with Crippen LogP contribution >= 0.6 is 0 Å². The number of amides is 2. The van der Waals surface area contributed by atoms with Crippen LogP contribution in [0.2, 0.25) is 0 Å². The van der Waals surface area contributed by atoms with Gasteiger partial charge in [0.2, 0.25) is 5.91 Å². The maximum absolute atomic E-state index is 13.0. The summed E-state index contributed by atoms with van der Waals surface area (Å²) in [7, 11) is 0. The fourth-order valence-corrected chi connectivity index (χ4v) is 3.30. The zero-order valence-electron chi connectivity index (χ0n) is 14.8. The predicted molar refractivity (Wildman–Crippen MR) is 92.8 cm³/mol. The van der Waals surface area contributed by atoms with Crippen LogP contribution in [0.4, 0.5) is 4.79 Å². The quantitative estimate of drug-likeness (QED) is 0.749. The number of hydrogen-bond donors (Lipinski definition) is 2. The Bertz CT molecular complexity index is 574. The second-order valence-electron chi connectivity index (χ2n) is 6.83. The molecule has 1 heterocycles. The van der Waals surface area contributed by atoms with Crippen molar-refractivity contribution >= 4 is 12.0 Å². The van der Waals surface area contributed by atoms with Gasteiger partial charge in [-0.05, 0) is 30.7 Å². The fourth-order valence-electron chi connectivity index (χ4n) is 3.30. The molecule has 3 atom stereocenters. The Kier molecular flexibility index (Phi) is 6.96. The second kappa shape index (κ2) is 8.97. The van der Waals surface area contributed by atoms with Crippen LogP contribution in [0.25, 0.3) is 0 Å². The van der Waals surface area contributed by atoms with Gasteiger partial charge in [0.25, 0.3) is 0 Å². The number of rotatable bonds is 8. The van der Waals surface area contributed by atoms with E-state index >= 15 is 0 Å². The van der Waals surface area contributed by atoms with E-state index in [1.807, 2.05) is 44.2 Å². The average Bonchev–Trinajstić information content (AvgIpc) is 2.94. The first-order valence-corrected chi connectivity index (χ1v) is 8.78. The molecule has 0 unspecified atom stereocenters. The molecule has 1 aliphatic heterocycles. The third kappa shape index (κ3) is 4.80. The van der Waals surface area contributed by atoms with Crippen molar-refractivity contribution in [3.63, 3.8) is 0 Å². The minimum atomic E-state index is -0.898. The summed E-state index contributed by atoms with van der Waals surface area (Å²) in [4.78, 5) is 26.3. The lowest BCUT2D eigenvalue weighted by molar-refractivity contribution is -0.139. The van der Waals surface area contributed by atoms with Gasteiger partial charge >= 0.3 is 6.09 Å². The van der Waals surface area contributed by atoms with Crippen LogP contribution < -0.4 is 0 Å². The minimum Gasteiger partial charge on any atom is -0.447 e. The van der Waals surface area contributed by atoms with Crippen molar-refractivity contribution in [3.05, 3.63) is 35.9 Å². The molecule has 138 valence electrons. The first kappa shape index (κ1) is 19.4.